The van der Waals surface area contributed by atoms with E-state index in [-0.39, 0.29) is 0 Å². The third-order valence-corrected chi connectivity index (χ3v) is 5.42. The number of nitrogens with zero attached hydrogens (tertiary/aromatic N) is 5. The topological polar surface area (TPSA) is 94.1 Å². The Bertz CT molecular complexity index is 947. The highest BCUT2D eigenvalue weighted by Crippen LogP contribution is 2.16. The summed E-state index contributed by atoms with van der Waals surface area (Å²) in [6.07, 6.45) is 5.58. The molecular weight excluding hydrogens is 388 g/mol. The maximum Gasteiger partial charge on any atom is 0.191 e. The molecule has 0 amide bonds. The normalized spacial score (nSPS) is 15.7. The van der Waals surface area contributed by atoms with Gasteiger partial charge in [-0.2, -0.15) is 5.10 Å². The van der Waals surface area contributed by atoms with Gasteiger partial charge < -0.3 is 10.6 Å². The van der Waals surface area contributed by atoms with Crippen molar-refractivity contribution < 1.29 is 0 Å². The number of nitrogens with one attached hydrogen (secondary N) is 3. The van der Waals surface area contributed by atoms with Crippen molar-refractivity contribution in [2.75, 3.05) is 19.6 Å². The summed E-state index contributed by atoms with van der Waals surface area (Å²) in [5.41, 5.74) is 3.29. The van der Waals surface area contributed by atoms with Gasteiger partial charge in [-0.3, -0.25) is 15.0 Å². The maximum absolute atomic E-state index is 4.81. The van der Waals surface area contributed by atoms with Crippen LogP contribution in [0.15, 0.2) is 60.0 Å². The first kappa shape index (κ1) is 21.0. The zero-order valence-electron chi connectivity index (χ0n) is 18.0. The van der Waals surface area contributed by atoms with E-state index in [1.807, 2.05) is 24.4 Å². The van der Waals surface area contributed by atoms with E-state index in [0.29, 0.717) is 12.6 Å². The molecule has 3 heterocycles. The van der Waals surface area contributed by atoms with Gasteiger partial charge in [0.05, 0.1) is 12.2 Å². The number of aromatic nitrogens is 4. The van der Waals surface area contributed by atoms with Gasteiger partial charge in [0, 0.05) is 44.0 Å². The smallest absolute Gasteiger partial charge is 0.191 e. The summed E-state index contributed by atoms with van der Waals surface area (Å²) in [6, 6.07) is 14.8. The predicted octanol–water partition coefficient (Wildman–Crippen LogP) is 2.59. The molecule has 0 atom stereocenters. The summed E-state index contributed by atoms with van der Waals surface area (Å²) < 4.78 is 0. The Balaban J connectivity index is 1.31. The zero-order valence-corrected chi connectivity index (χ0v) is 18.0. The number of piperidine rings is 1. The first-order chi connectivity index (χ1) is 15.3. The molecule has 1 aliphatic heterocycles. The molecule has 8 nitrogen and oxygen atoms in total. The Morgan fingerprint density at radius 2 is 2.06 bits per heavy atom. The third-order valence-electron chi connectivity index (χ3n) is 5.42. The van der Waals surface area contributed by atoms with Gasteiger partial charge in [0.1, 0.15) is 6.33 Å². The average molecular weight is 419 g/mol. The van der Waals surface area contributed by atoms with Gasteiger partial charge in [-0.1, -0.05) is 24.3 Å². The lowest BCUT2D eigenvalue weighted by atomic mass is 10.0. The van der Waals surface area contributed by atoms with Crippen LogP contribution in [-0.2, 0) is 13.1 Å². The highest BCUT2D eigenvalue weighted by atomic mass is 15.2. The molecule has 4 rings (SSSR count). The Labute approximate surface area is 183 Å². The quantitative estimate of drug-likeness (QED) is 0.403. The van der Waals surface area contributed by atoms with Crippen LogP contribution in [0.1, 0.15) is 31.0 Å². The molecule has 1 aromatic carbocycles. The van der Waals surface area contributed by atoms with E-state index in [1.165, 1.54) is 6.33 Å². The summed E-state index contributed by atoms with van der Waals surface area (Å²) in [6.45, 7) is 6.58. The molecule has 0 spiro atoms. The first-order valence-electron chi connectivity index (χ1n) is 10.9. The fourth-order valence-electron chi connectivity index (χ4n) is 3.80. The van der Waals surface area contributed by atoms with Gasteiger partial charge in [0.2, 0.25) is 0 Å². The van der Waals surface area contributed by atoms with Gasteiger partial charge in [-0.15, -0.1) is 0 Å². The monoisotopic (exact) mass is 418 g/mol. The number of rotatable bonds is 7. The molecule has 1 aliphatic rings. The van der Waals surface area contributed by atoms with Crippen LogP contribution in [0, 0.1) is 0 Å². The number of hydrogen-bond donors (Lipinski definition) is 3. The molecule has 3 N–H and O–H groups in total. The number of benzene rings is 1. The minimum atomic E-state index is 0.429. The molecule has 0 saturated carbocycles. The lowest BCUT2D eigenvalue weighted by Crippen LogP contribution is -2.48. The standard InChI is InChI=1S/C23H30N8/c1-2-24-23(26-15-18-6-5-7-19(14-18)22-27-17-28-30-22)29-20-9-12-31(13-10-20)16-21-8-3-4-11-25-21/h3-8,11,14,17,20H,2,9-10,12-13,15-16H2,1H3,(H2,24,26,29)(H,27,28,30). The second-order valence-electron chi connectivity index (χ2n) is 7.75. The van der Waals surface area contributed by atoms with Gasteiger partial charge in [0.25, 0.3) is 0 Å². The SMILES string of the molecule is CCNC(=NCc1cccc(-c2ncn[nH]2)c1)NC1CCN(Cc2ccccn2)CC1. The van der Waals surface area contributed by atoms with Crippen molar-refractivity contribution in [3.8, 4) is 11.4 Å². The molecule has 0 aliphatic carbocycles. The number of pyridine rings is 1. The van der Waals surface area contributed by atoms with Crippen molar-refractivity contribution in [3.63, 3.8) is 0 Å². The van der Waals surface area contributed by atoms with Crippen LogP contribution in [-0.4, -0.2) is 56.7 Å². The van der Waals surface area contributed by atoms with Crippen LogP contribution in [0.4, 0.5) is 0 Å². The van der Waals surface area contributed by atoms with Crippen LogP contribution in [0.3, 0.4) is 0 Å². The third kappa shape index (κ3) is 6.11. The fourth-order valence-corrected chi connectivity index (χ4v) is 3.80. The van der Waals surface area contributed by atoms with Crippen molar-refractivity contribution in [3.05, 3.63) is 66.2 Å². The van der Waals surface area contributed by atoms with E-state index >= 15 is 0 Å². The average Bonchev–Trinajstić information content (AvgIpc) is 3.35. The Kier molecular flexibility index (Phi) is 7.23. The molecule has 1 saturated heterocycles. The number of guanidine groups is 1. The summed E-state index contributed by atoms with van der Waals surface area (Å²) in [4.78, 5) is 16.0. The number of aliphatic imine (C=N–C) groups is 1. The predicted molar refractivity (Wildman–Crippen MR) is 122 cm³/mol. The van der Waals surface area contributed by atoms with Crippen LogP contribution in [0.5, 0.6) is 0 Å². The van der Waals surface area contributed by atoms with Crippen LogP contribution >= 0.6 is 0 Å². The molecule has 3 aromatic rings. The molecule has 8 heteroatoms. The van der Waals surface area contributed by atoms with Gasteiger partial charge in [-0.25, -0.2) is 9.98 Å². The second-order valence-corrected chi connectivity index (χ2v) is 7.75. The second kappa shape index (κ2) is 10.7. The van der Waals surface area contributed by atoms with Crippen molar-refractivity contribution in [2.24, 2.45) is 4.99 Å². The minimum Gasteiger partial charge on any atom is -0.357 e. The highest BCUT2D eigenvalue weighted by molar-refractivity contribution is 5.80. The van der Waals surface area contributed by atoms with E-state index in [4.69, 9.17) is 4.99 Å². The van der Waals surface area contributed by atoms with Crippen molar-refractivity contribution in [1.29, 1.82) is 0 Å². The molecule has 0 unspecified atom stereocenters. The molecule has 0 radical (unpaired) electrons. The fraction of sp³-hybridized carbons (Fsp3) is 0.391. The summed E-state index contributed by atoms with van der Waals surface area (Å²) >= 11 is 0. The zero-order chi connectivity index (χ0) is 21.3. The van der Waals surface area contributed by atoms with Crippen LogP contribution < -0.4 is 10.6 Å². The number of hydrogen-bond acceptors (Lipinski definition) is 5. The van der Waals surface area contributed by atoms with E-state index in [2.05, 4.69) is 66.9 Å². The lowest BCUT2D eigenvalue weighted by Gasteiger charge is -2.32. The Morgan fingerprint density at radius 1 is 1.16 bits per heavy atom. The van der Waals surface area contributed by atoms with E-state index in [1.54, 1.807) is 0 Å². The van der Waals surface area contributed by atoms with Gasteiger partial charge in [-0.05, 0) is 43.5 Å². The molecule has 0 bridgehead atoms. The number of H-pyrrole nitrogens is 1. The maximum atomic E-state index is 4.81. The van der Waals surface area contributed by atoms with Crippen LogP contribution in [0.25, 0.3) is 11.4 Å². The lowest BCUT2D eigenvalue weighted by molar-refractivity contribution is 0.196. The minimum absolute atomic E-state index is 0.429. The van der Waals surface area contributed by atoms with E-state index < -0.39 is 0 Å². The largest absolute Gasteiger partial charge is 0.357 e. The summed E-state index contributed by atoms with van der Waals surface area (Å²) in [7, 11) is 0. The molecular formula is C23H30N8. The van der Waals surface area contributed by atoms with Gasteiger partial charge >= 0.3 is 0 Å². The molecule has 1 fully saturated rings. The van der Waals surface area contributed by atoms with Crippen LogP contribution in [0.2, 0.25) is 0 Å². The number of aromatic amines is 1. The number of likely N-dealkylation sites (tertiary alicyclic amines) is 1. The van der Waals surface area contributed by atoms with Gasteiger partial charge in [0.15, 0.2) is 11.8 Å². The molecule has 162 valence electrons. The van der Waals surface area contributed by atoms with Crippen molar-refractivity contribution in [2.45, 2.75) is 38.9 Å². The molecule has 31 heavy (non-hydrogen) atoms. The Hall–Kier alpha value is -3.26. The first-order valence-corrected chi connectivity index (χ1v) is 10.9. The highest BCUT2D eigenvalue weighted by Gasteiger charge is 2.20. The Morgan fingerprint density at radius 3 is 2.81 bits per heavy atom. The summed E-state index contributed by atoms with van der Waals surface area (Å²) in [5.74, 6) is 1.64. The summed E-state index contributed by atoms with van der Waals surface area (Å²) in [5, 5.41) is 13.8. The van der Waals surface area contributed by atoms with Crippen molar-refractivity contribution >= 4 is 5.96 Å². The molecule has 2 aromatic heterocycles. The van der Waals surface area contributed by atoms with E-state index in [0.717, 1.165) is 67.6 Å². The van der Waals surface area contributed by atoms with Crippen molar-refractivity contribution in [1.82, 2.24) is 35.7 Å². The van der Waals surface area contributed by atoms with E-state index in [9.17, 15) is 0 Å².